The summed E-state index contributed by atoms with van der Waals surface area (Å²) in [5, 5.41) is 6.67. The normalized spacial score (nSPS) is 10.9. The molecule has 2 N–H and O–H groups in total. The molecule has 7 heteroatoms. The van der Waals surface area contributed by atoms with Crippen molar-refractivity contribution in [1.29, 1.82) is 0 Å². The number of benzene rings is 2. The van der Waals surface area contributed by atoms with Crippen molar-refractivity contribution < 1.29 is 14.0 Å². The van der Waals surface area contributed by atoms with Crippen molar-refractivity contribution in [2.24, 2.45) is 5.10 Å². The molecule has 7 nitrogen and oxygen atoms in total. The number of nitrogens with zero attached hydrogens (tertiary/aromatic N) is 1. The number of carbonyl (C=O) groups is 2. The SMILES string of the molecule is Cc1cccc(C(=O)NCC(=O)N/N=C\c2coc3ccccc3c2=O)c1. The minimum atomic E-state index is -0.516. The van der Waals surface area contributed by atoms with Crippen LogP contribution in [0.4, 0.5) is 0 Å². The van der Waals surface area contributed by atoms with Crippen LogP contribution >= 0.6 is 0 Å². The van der Waals surface area contributed by atoms with Gasteiger partial charge in [0, 0.05) is 5.56 Å². The molecule has 0 saturated carbocycles. The van der Waals surface area contributed by atoms with Gasteiger partial charge in [-0.25, -0.2) is 5.43 Å². The highest BCUT2D eigenvalue weighted by Gasteiger charge is 2.08. The van der Waals surface area contributed by atoms with Crippen LogP contribution in [-0.2, 0) is 4.79 Å². The first-order valence-electron chi connectivity index (χ1n) is 8.22. The third-order valence-electron chi connectivity index (χ3n) is 3.79. The molecule has 2 aromatic carbocycles. The summed E-state index contributed by atoms with van der Waals surface area (Å²) in [5.41, 5.74) is 4.12. The first-order valence-corrected chi connectivity index (χ1v) is 8.22. The second-order valence-corrected chi connectivity index (χ2v) is 5.86. The molecule has 1 aromatic heterocycles. The van der Waals surface area contributed by atoms with E-state index in [1.54, 1.807) is 42.5 Å². The quantitative estimate of drug-likeness (QED) is 0.535. The predicted molar refractivity (Wildman–Crippen MR) is 102 cm³/mol. The molecule has 0 unspecified atom stereocenters. The summed E-state index contributed by atoms with van der Waals surface area (Å²) in [5.74, 6) is -0.870. The molecule has 27 heavy (non-hydrogen) atoms. The highest BCUT2D eigenvalue weighted by molar-refractivity contribution is 5.96. The number of nitrogens with one attached hydrogen (secondary N) is 2. The summed E-state index contributed by atoms with van der Waals surface area (Å²) in [6.07, 6.45) is 2.48. The van der Waals surface area contributed by atoms with E-state index in [0.717, 1.165) is 5.56 Å². The van der Waals surface area contributed by atoms with Gasteiger partial charge in [-0.05, 0) is 31.2 Å². The lowest BCUT2D eigenvalue weighted by molar-refractivity contribution is -0.120. The fourth-order valence-corrected chi connectivity index (χ4v) is 2.44. The Morgan fingerprint density at radius 2 is 1.96 bits per heavy atom. The molecule has 0 atom stereocenters. The second kappa shape index (κ2) is 8.09. The average Bonchev–Trinajstić information content (AvgIpc) is 2.68. The molecule has 0 aliphatic carbocycles. The zero-order valence-electron chi connectivity index (χ0n) is 14.6. The lowest BCUT2D eigenvalue weighted by atomic mass is 10.1. The van der Waals surface area contributed by atoms with Gasteiger partial charge in [0.25, 0.3) is 11.8 Å². The maximum absolute atomic E-state index is 12.3. The van der Waals surface area contributed by atoms with Crippen molar-refractivity contribution in [3.63, 3.8) is 0 Å². The van der Waals surface area contributed by atoms with Crippen LogP contribution in [0.25, 0.3) is 11.0 Å². The Morgan fingerprint density at radius 1 is 1.15 bits per heavy atom. The van der Waals surface area contributed by atoms with Gasteiger partial charge in [0.15, 0.2) is 0 Å². The number of hydrogen-bond acceptors (Lipinski definition) is 5. The molecule has 2 amide bonds. The Hall–Kier alpha value is -3.74. The zero-order valence-corrected chi connectivity index (χ0v) is 14.6. The Kier molecular flexibility index (Phi) is 5.41. The van der Waals surface area contributed by atoms with Crippen LogP contribution in [0, 0.1) is 6.92 Å². The van der Waals surface area contributed by atoms with Gasteiger partial charge >= 0.3 is 0 Å². The van der Waals surface area contributed by atoms with E-state index in [2.05, 4.69) is 15.8 Å². The van der Waals surface area contributed by atoms with Crippen LogP contribution in [0.5, 0.6) is 0 Å². The van der Waals surface area contributed by atoms with E-state index in [1.165, 1.54) is 12.5 Å². The fraction of sp³-hybridized carbons (Fsp3) is 0.100. The summed E-state index contributed by atoms with van der Waals surface area (Å²) >= 11 is 0. The van der Waals surface area contributed by atoms with E-state index in [4.69, 9.17) is 4.42 Å². The first-order chi connectivity index (χ1) is 13.0. The van der Waals surface area contributed by atoms with E-state index in [1.807, 2.05) is 13.0 Å². The molecule has 0 bridgehead atoms. The van der Waals surface area contributed by atoms with E-state index in [-0.39, 0.29) is 23.4 Å². The Balaban J connectivity index is 1.57. The monoisotopic (exact) mass is 363 g/mol. The molecule has 0 aliphatic rings. The standard InChI is InChI=1S/C20H17N3O4/c1-13-5-4-6-14(9-13)20(26)21-11-18(24)23-22-10-15-12-27-17-8-3-2-7-16(17)19(15)25/h2-10,12H,11H2,1H3,(H,21,26)(H,23,24)/b22-10-. The van der Waals surface area contributed by atoms with Crippen molar-refractivity contribution in [2.75, 3.05) is 6.54 Å². The van der Waals surface area contributed by atoms with Gasteiger partial charge in [0.1, 0.15) is 11.8 Å². The van der Waals surface area contributed by atoms with Gasteiger partial charge in [-0.15, -0.1) is 0 Å². The van der Waals surface area contributed by atoms with Gasteiger partial charge in [0.2, 0.25) is 5.43 Å². The number of carbonyl (C=O) groups excluding carboxylic acids is 2. The summed E-state index contributed by atoms with van der Waals surface area (Å²) in [6, 6.07) is 13.9. The largest absolute Gasteiger partial charge is 0.463 e. The zero-order chi connectivity index (χ0) is 19.2. The lowest BCUT2D eigenvalue weighted by Crippen LogP contribution is -2.35. The molecule has 0 radical (unpaired) electrons. The molecule has 0 fully saturated rings. The maximum atomic E-state index is 12.3. The van der Waals surface area contributed by atoms with Crippen LogP contribution in [0.3, 0.4) is 0 Å². The highest BCUT2D eigenvalue weighted by atomic mass is 16.3. The number of para-hydroxylation sites is 1. The third-order valence-corrected chi connectivity index (χ3v) is 3.79. The van der Waals surface area contributed by atoms with Crippen LogP contribution < -0.4 is 16.2 Å². The van der Waals surface area contributed by atoms with Gasteiger partial charge in [0.05, 0.1) is 23.7 Å². The lowest BCUT2D eigenvalue weighted by Gasteiger charge is -2.05. The van der Waals surface area contributed by atoms with E-state index in [0.29, 0.717) is 16.5 Å². The molecular weight excluding hydrogens is 346 g/mol. The number of rotatable bonds is 5. The van der Waals surface area contributed by atoms with Crippen LogP contribution in [0.1, 0.15) is 21.5 Å². The van der Waals surface area contributed by atoms with Crippen molar-refractivity contribution >= 4 is 29.0 Å². The van der Waals surface area contributed by atoms with Crippen LogP contribution in [0.2, 0.25) is 0 Å². The first kappa shape index (κ1) is 18.1. The van der Waals surface area contributed by atoms with Crippen molar-refractivity contribution in [3.8, 4) is 0 Å². The average molecular weight is 363 g/mol. The summed E-state index contributed by atoms with van der Waals surface area (Å²) in [7, 11) is 0. The smallest absolute Gasteiger partial charge is 0.259 e. The summed E-state index contributed by atoms with van der Waals surface area (Å²) < 4.78 is 5.36. The van der Waals surface area contributed by atoms with E-state index < -0.39 is 5.91 Å². The topological polar surface area (TPSA) is 101 Å². The van der Waals surface area contributed by atoms with Crippen molar-refractivity contribution in [2.45, 2.75) is 6.92 Å². The number of hydrazone groups is 1. The molecule has 0 aliphatic heterocycles. The van der Waals surface area contributed by atoms with Gasteiger partial charge in [-0.1, -0.05) is 29.8 Å². The summed E-state index contributed by atoms with van der Waals surface area (Å²) in [4.78, 5) is 36.1. The number of aryl methyl sites for hydroxylation is 1. The minimum absolute atomic E-state index is 0.206. The van der Waals surface area contributed by atoms with Crippen molar-refractivity contribution in [1.82, 2.24) is 10.7 Å². The maximum Gasteiger partial charge on any atom is 0.259 e. The number of hydrogen-bond donors (Lipinski definition) is 2. The molecule has 136 valence electrons. The highest BCUT2D eigenvalue weighted by Crippen LogP contribution is 2.09. The van der Waals surface area contributed by atoms with E-state index >= 15 is 0 Å². The second-order valence-electron chi connectivity index (χ2n) is 5.86. The van der Waals surface area contributed by atoms with Crippen LogP contribution in [0.15, 0.2) is 69.1 Å². The molecule has 0 spiro atoms. The van der Waals surface area contributed by atoms with Gasteiger partial charge in [-0.2, -0.15) is 5.10 Å². The molecule has 0 saturated heterocycles. The number of amides is 2. The fourth-order valence-electron chi connectivity index (χ4n) is 2.44. The molecular formula is C20H17N3O4. The van der Waals surface area contributed by atoms with Crippen LogP contribution in [-0.4, -0.2) is 24.6 Å². The van der Waals surface area contributed by atoms with E-state index in [9.17, 15) is 14.4 Å². The van der Waals surface area contributed by atoms with Crippen molar-refractivity contribution in [3.05, 3.63) is 81.7 Å². The number of fused-ring (bicyclic) bond motifs is 1. The summed E-state index contributed by atoms with van der Waals surface area (Å²) in [6.45, 7) is 1.64. The molecule has 1 heterocycles. The Morgan fingerprint density at radius 3 is 2.78 bits per heavy atom. The molecule has 3 rings (SSSR count). The van der Waals surface area contributed by atoms with Gasteiger partial charge in [-0.3, -0.25) is 14.4 Å². The molecule has 3 aromatic rings. The van der Waals surface area contributed by atoms with Gasteiger partial charge < -0.3 is 9.73 Å². The minimum Gasteiger partial charge on any atom is -0.463 e. The Bertz CT molecular complexity index is 1090. The predicted octanol–water partition coefficient (Wildman–Crippen LogP) is 1.98. The third kappa shape index (κ3) is 4.46. The Labute approximate surface area is 154 Å².